The normalized spacial score (nSPS) is 11.1. The van der Waals surface area contributed by atoms with Gasteiger partial charge < -0.3 is 0 Å². The first kappa shape index (κ1) is 24.9. The standard InChI is InChI=1S/C28H28O3P3/c29-34(30-21-23-32(25-13-5-1-6-14-25)26-15-7-2-8-16-26)31-22-24-33(27-17-9-3-10-18-27)28-19-11-4-12-20-28/h1-20H,21-24H2/q+1. The molecule has 0 amide bonds. The summed E-state index contributed by atoms with van der Waals surface area (Å²) in [5.41, 5.74) is 0. The highest BCUT2D eigenvalue weighted by Crippen LogP contribution is 2.36. The smallest absolute Gasteiger partial charge is 0.119 e. The van der Waals surface area contributed by atoms with Crippen molar-refractivity contribution in [2.75, 3.05) is 25.5 Å². The molecule has 6 heteroatoms. The van der Waals surface area contributed by atoms with E-state index in [0.717, 1.165) is 12.3 Å². The van der Waals surface area contributed by atoms with Crippen LogP contribution < -0.4 is 21.2 Å². The second-order valence-corrected chi connectivity index (χ2v) is 13.2. The quantitative estimate of drug-likeness (QED) is 0.224. The fraction of sp³-hybridized carbons (Fsp3) is 0.143. The molecule has 3 nitrogen and oxygen atoms in total. The van der Waals surface area contributed by atoms with E-state index in [1.54, 1.807) is 0 Å². The van der Waals surface area contributed by atoms with Gasteiger partial charge in [-0.2, -0.15) is 0 Å². The Labute approximate surface area is 205 Å². The van der Waals surface area contributed by atoms with E-state index in [9.17, 15) is 4.57 Å². The molecule has 172 valence electrons. The minimum Gasteiger partial charge on any atom is -0.119 e. The molecule has 0 fully saturated rings. The largest absolute Gasteiger partial charge is 0.697 e. The lowest BCUT2D eigenvalue weighted by Crippen LogP contribution is -2.16. The Kier molecular flexibility index (Phi) is 9.95. The molecule has 0 bridgehead atoms. The van der Waals surface area contributed by atoms with Gasteiger partial charge in [-0.1, -0.05) is 121 Å². The van der Waals surface area contributed by atoms with Gasteiger partial charge in [-0.05, 0) is 37.1 Å². The van der Waals surface area contributed by atoms with Crippen LogP contribution in [0, 0.1) is 0 Å². The predicted octanol–water partition coefficient (Wildman–Crippen LogP) is 5.94. The van der Waals surface area contributed by atoms with Crippen LogP contribution in [-0.2, 0) is 13.6 Å². The van der Waals surface area contributed by atoms with Gasteiger partial charge >= 0.3 is 8.25 Å². The van der Waals surface area contributed by atoms with Crippen LogP contribution in [0.2, 0.25) is 0 Å². The van der Waals surface area contributed by atoms with E-state index in [1.807, 2.05) is 24.3 Å². The van der Waals surface area contributed by atoms with E-state index in [2.05, 4.69) is 97.1 Å². The van der Waals surface area contributed by atoms with E-state index in [-0.39, 0.29) is 0 Å². The van der Waals surface area contributed by atoms with Gasteiger partial charge in [0.2, 0.25) is 0 Å². The Morgan fingerprint density at radius 3 is 1.00 bits per heavy atom. The fourth-order valence-electron chi connectivity index (χ4n) is 3.70. The van der Waals surface area contributed by atoms with Crippen molar-refractivity contribution in [2.24, 2.45) is 0 Å². The maximum Gasteiger partial charge on any atom is 0.697 e. The highest BCUT2D eigenvalue weighted by Gasteiger charge is 2.24. The van der Waals surface area contributed by atoms with E-state index < -0.39 is 24.1 Å². The molecule has 0 aromatic heterocycles. The van der Waals surface area contributed by atoms with E-state index >= 15 is 0 Å². The Morgan fingerprint density at radius 2 is 0.735 bits per heavy atom. The molecule has 0 aliphatic carbocycles. The summed E-state index contributed by atoms with van der Waals surface area (Å²) >= 11 is 0. The highest BCUT2D eigenvalue weighted by molar-refractivity contribution is 7.73. The summed E-state index contributed by atoms with van der Waals surface area (Å²) in [7, 11) is -3.29. The van der Waals surface area contributed by atoms with Gasteiger partial charge in [0.15, 0.2) is 0 Å². The molecule has 0 saturated heterocycles. The van der Waals surface area contributed by atoms with Crippen molar-refractivity contribution in [3.8, 4) is 0 Å². The predicted molar refractivity (Wildman–Crippen MR) is 147 cm³/mol. The molecule has 0 spiro atoms. The zero-order valence-corrected chi connectivity index (χ0v) is 21.6. The maximum atomic E-state index is 12.5. The molecule has 4 rings (SSSR count). The molecule has 0 heterocycles. The molecular formula is C28H28O3P3+. The van der Waals surface area contributed by atoms with Crippen molar-refractivity contribution in [3.05, 3.63) is 121 Å². The van der Waals surface area contributed by atoms with E-state index in [4.69, 9.17) is 9.05 Å². The molecule has 0 saturated carbocycles. The van der Waals surface area contributed by atoms with Crippen LogP contribution in [0.15, 0.2) is 121 Å². The minimum atomic E-state index is -2.15. The second kappa shape index (κ2) is 13.6. The van der Waals surface area contributed by atoms with Gasteiger partial charge in [0, 0.05) is 16.9 Å². The summed E-state index contributed by atoms with van der Waals surface area (Å²) < 4.78 is 23.7. The van der Waals surface area contributed by atoms with Gasteiger partial charge in [0.1, 0.15) is 13.2 Å². The van der Waals surface area contributed by atoms with Crippen LogP contribution >= 0.6 is 24.1 Å². The van der Waals surface area contributed by atoms with Crippen LogP contribution in [0.25, 0.3) is 0 Å². The summed E-state index contributed by atoms with van der Waals surface area (Å²) in [5, 5.41) is 5.17. The fourth-order valence-corrected chi connectivity index (χ4v) is 8.85. The van der Waals surface area contributed by atoms with E-state index in [0.29, 0.717) is 13.2 Å². The van der Waals surface area contributed by atoms with E-state index in [1.165, 1.54) is 21.2 Å². The summed E-state index contributed by atoms with van der Waals surface area (Å²) in [6.07, 6.45) is 1.60. The second-order valence-electron chi connectivity index (χ2n) is 7.54. The monoisotopic (exact) mass is 505 g/mol. The molecule has 4 aromatic rings. The molecule has 0 atom stereocenters. The van der Waals surface area contributed by atoms with Gasteiger partial charge in [-0.15, -0.1) is 9.05 Å². The van der Waals surface area contributed by atoms with Crippen molar-refractivity contribution in [3.63, 3.8) is 0 Å². The first-order valence-corrected chi connectivity index (χ1v) is 15.4. The van der Waals surface area contributed by atoms with Crippen molar-refractivity contribution in [1.82, 2.24) is 0 Å². The van der Waals surface area contributed by atoms with Gasteiger partial charge in [-0.25, -0.2) is 0 Å². The Bertz CT molecular complexity index is 957. The first-order valence-electron chi connectivity index (χ1n) is 11.3. The minimum absolute atomic E-state index is 0.400. The molecule has 4 aromatic carbocycles. The number of benzene rings is 4. The van der Waals surface area contributed by atoms with Gasteiger partial charge in [-0.3, -0.25) is 0 Å². The number of rotatable bonds is 12. The van der Waals surface area contributed by atoms with Crippen LogP contribution in [0.5, 0.6) is 0 Å². The zero-order valence-electron chi connectivity index (χ0n) is 18.9. The maximum absolute atomic E-state index is 12.5. The number of hydrogen-bond donors (Lipinski definition) is 0. The molecule has 0 N–H and O–H groups in total. The Morgan fingerprint density at radius 1 is 0.471 bits per heavy atom. The average Bonchev–Trinajstić information content (AvgIpc) is 2.91. The van der Waals surface area contributed by atoms with Crippen molar-refractivity contribution in [1.29, 1.82) is 0 Å². The Balaban J connectivity index is 1.30. The van der Waals surface area contributed by atoms with Gasteiger partial charge in [0.05, 0.1) is 0 Å². The van der Waals surface area contributed by atoms with Crippen molar-refractivity contribution >= 4 is 45.3 Å². The molecule has 34 heavy (non-hydrogen) atoms. The lowest BCUT2D eigenvalue weighted by molar-refractivity contribution is 0.245. The van der Waals surface area contributed by atoms with Crippen LogP contribution in [0.1, 0.15) is 0 Å². The topological polar surface area (TPSA) is 35.5 Å². The van der Waals surface area contributed by atoms with Crippen LogP contribution in [0.4, 0.5) is 0 Å². The third-order valence-electron chi connectivity index (χ3n) is 5.29. The van der Waals surface area contributed by atoms with Crippen LogP contribution in [-0.4, -0.2) is 25.5 Å². The molecular weight excluding hydrogens is 477 g/mol. The Hall–Kier alpha value is -2.24. The summed E-state index contributed by atoms with van der Waals surface area (Å²) in [5.74, 6) is 0. The third kappa shape index (κ3) is 7.38. The molecule has 0 unspecified atom stereocenters. The molecule has 0 aliphatic rings. The number of hydrogen-bond acceptors (Lipinski definition) is 3. The van der Waals surface area contributed by atoms with Crippen molar-refractivity contribution < 1.29 is 13.6 Å². The third-order valence-corrected chi connectivity index (χ3v) is 11.0. The van der Waals surface area contributed by atoms with Crippen LogP contribution in [0.3, 0.4) is 0 Å². The lowest BCUT2D eigenvalue weighted by Gasteiger charge is -2.17. The lowest BCUT2D eigenvalue weighted by atomic mass is 10.4. The first-order chi connectivity index (χ1) is 16.8. The van der Waals surface area contributed by atoms with Gasteiger partial charge in [0.25, 0.3) is 0 Å². The van der Waals surface area contributed by atoms with Crippen molar-refractivity contribution in [2.45, 2.75) is 0 Å². The summed E-state index contributed by atoms with van der Waals surface area (Å²) in [6, 6.07) is 41.9. The summed E-state index contributed by atoms with van der Waals surface area (Å²) in [6.45, 7) is 0.799. The SMILES string of the molecule is O=[P+](OCCP(c1ccccc1)c1ccccc1)OCCP(c1ccccc1)c1ccccc1. The summed E-state index contributed by atoms with van der Waals surface area (Å²) in [4.78, 5) is 0. The highest BCUT2D eigenvalue weighted by atomic mass is 31.1. The average molecular weight is 505 g/mol. The molecule has 0 aliphatic heterocycles. The molecule has 0 radical (unpaired) electrons. The zero-order chi connectivity index (χ0) is 23.4.